The SMILES string of the molecule is CCc1nnc2n1CCN(CC(=O)N1CCC(c3ccccc3)=N1)C2. The van der Waals surface area contributed by atoms with Gasteiger partial charge in [-0.3, -0.25) is 9.69 Å². The van der Waals surface area contributed by atoms with Crippen molar-refractivity contribution in [2.24, 2.45) is 5.10 Å². The Kier molecular flexibility index (Phi) is 4.31. The molecule has 25 heavy (non-hydrogen) atoms. The lowest BCUT2D eigenvalue weighted by Gasteiger charge is -2.27. The molecule has 7 heteroatoms. The highest BCUT2D eigenvalue weighted by molar-refractivity contribution is 6.02. The lowest BCUT2D eigenvalue weighted by atomic mass is 10.1. The molecule has 2 aliphatic heterocycles. The summed E-state index contributed by atoms with van der Waals surface area (Å²) in [5.41, 5.74) is 2.08. The van der Waals surface area contributed by atoms with E-state index in [0.717, 1.165) is 48.9 Å². The van der Waals surface area contributed by atoms with Gasteiger partial charge in [0.2, 0.25) is 0 Å². The van der Waals surface area contributed by atoms with Crippen molar-refractivity contribution in [1.82, 2.24) is 24.7 Å². The van der Waals surface area contributed by atoms with Crippen LogP contribution in [0, 0.1) is 0 Å². The number of hydrogen-bond acceptors (Lipinski definition) is 5. The van der Waals surface area contributed by atoms with E-state index in [0.29, 0.717) is 19.6 Å². The zero-order valence-corrected chi connectivity index (χ0v) is 14.4. The zero-order valence-electron chi connectivity index (χ0n) is 14.4. The molecule has 2 aromatic rings. The second-order valence-electron chi connectivity index (χ2n) is 6.43. The van der Waals surface area contributed by atoms with Crippen molar-refractivity contribution >= 4 is 11.6 Å². The van der Waals surface area contributed by atoms with E-state index in [1.807, 2.05) is 30.3 Å². The molecule has 0 N–H and O–H groups in total. The van der Waals surface area contributed by atoms with Crippen molar-refractivity contribution in [2.45, 2.75) is 32.9 Å². The number of aryl methyl sites for hydroxylation is 1. The van der Waals surface area contributed by atoms with Crippen molar-refractivity contribution in [3.63, 3.8) is 0 Å². The van der Waals surface area contributed by atoms with Crippen LogP contribution in [0.25, 0.3) is 0 Å². The largest absolute Gasteiger partial charge is 0.313 e. The standard InChI is InChI=1S/C18H22N6O/c1-2-16-19-20-17-12-22(10-11-23(16)17)13-18(25)24-9-8-15(21-24)14-6-4-3-5-7-14/h3-7H,2,8-13H2,1H3. The lowest BCUT2D eigenvalue weighted by Crippen LogP contribution is -2.41. The Morgan fingerprint density at radius 2 is 1.96 bits per heavy atom. The Bertz CT molecular complexity index is 797. The molecule has 4 rings (SSSR count). The van der Waals surface area contributed by atoms with Gasteiger partial charge in [0, 0.05) is 25.9 Å². The fraction of sp³-hybridized carbons (Fsp3) is 0.444. The summed E-state index contributed by atoms with van der Waals surface area (Å²) in [5, 5.41) is 14.6. The minimum atomic E-state index is 0.0506. The molecule has 0 unspecified atom stereocenters. The Balaban J connectivity index is 1.39. The zero-order chi connectivity index (χ0) is 17.2. The summed E-state index contributed by atoms with van der Waals surface area (Å²) in [7, 11) is 0. The fourth-order valence-corrected chi connectivity index (χ4v) is 3.41. The van der Waals surface area contributed by atoms with Crippen molar-refractivity contribution in [3.8, 4) is 0 Å². The van der Waals surface area contributed by atoms with E-state index in [2.05, 4.69) is 31.7 Å². The molecule has 1 amide bonds. The van der Waals surface area contributed by atoms with Gasteiger partial charge in [-0.1, -0.05) is 37.3 Å². The molecule has 2 aliphatic rings. The summed E-state index contributed by atoms with van der Waals surface area (Å²) in [5.74, 6) is 2.03. The van der Waals surface area contributed by atoms with E-state index >= 15 is 0 Å². The quantitative estimate of drug-likeness (QED) is 0.843. The van der Waals surface area contributed by atoms with Crippen molar-refractivity contribution in [1.29, 1.82) is 0 Å². The molecule has 0 saturated heterocycles. The number of amides is 1. The summed E-state index contributed by atoms with van der Waals surface area (Å²) >= 11 is 0. The van der Waals surface area contributed by atoms with Gasteiger partial charge in [0.05, 0.1) is 25.3 Å². The first kappa shape index (κ1) is 16.0. The van der Waals surface area contributed by atoms with Crippen molar-refractivity contribution in [3.05, 3.63) is 47.5 Å². The van der Waals surface area contributed by atoms with Gasteiger partial charge in [-0.05, 0) is 5.56 Å². The highest BCUT2D eigenvalue weighted by Crippen LogP contribution is 2.16. The van der Waals surface area contributed by atoms with Crippen LogP contribution in [0.5, 0.6) is 0 Å². The number of fused-ring (bicyclic) bond motifs is 1. The van der Waals surface area contributed by atoms with Crippen LogP contribution in [0.4, 0.5) is 0 Å². The normalized spacial score (nSPS) is 17.5. The molecule has 0 saturated carbocycles. The molecule has 3 heterocycles. The maximum atomic E-state index is 12.6. The summed E-state index contributed by atoms with van der Waals surface area (Å²) in [4.78, 5) is 14.7. The molecule has 0 spiro atoms. The minimum absolute atomic E-state index is 0.0506. The van der Waals surface area contributed by atoms with E-state index < -0.39 is 0 Å². The Morgan fingerprint density at radius 1 is 1.12 bits per heavy atom. The molecule has 0 fully saturated rings. The van der Waals surface area contributed by atoms with E-state index in [4.69, 9.17) is 0 Å². The van der Waals surface area contributed by atoms with Crippen LogP contribution in [0.2, 0.25) is 0 Å². The molecular weight excluding hydrogens is 316 g/mol. The summed E-state index contributed by atoms with van der Waals surface area (Å²) in [6.45, 7) is 5.47. The van der Waals surface area contributed by atoms with Crippen molar-refractivity contribution < 1.29 is 4.79 Å². The van der Waals surface area contributed by atoms with Gasteiger partial charge < -0.3 is 4.57 Å². The van der Waals surface area contributed by atoms with Crippen LogP contribution >= 0.6 is 0 Å². The van der Waals surface area contributed by atoms with Gasteiger partial charge in [-0.25, -0.2) is 5.01 Å². The molecule has 0 atom stereocenters. The topological polar surface area (TPSA) is 66.6 Å². The molecule has 0 aliphatic carbocycles. The average Bonchev–Trinajstić information content (AvgIpc) is 3.29. The highest BCUT2D eigenvalue weighted by atomic mass is 16.2. The van der Waals surface area contributed by atoms with Gasteiger partial charge in [-0.15, -0.1) is 10.2 Å². The first-order valence-corrected chi connectivity index (χ1v) is 8.81. The van der Waals surface area contributed by atoms with Crippen LogP contribution in [-0.2, 0) is 24.3 Å². The molecule has 1 aromatic heterocycles. The van der Waals surface area contributed by atoms with E-state index in [-0.39, 0.29) is 5.91 Å². The van der Waals surface area contributed by atoms with Gasteiger partial charge in [0.15, 0.2) is 0 Å². The Hall–Kier alpha value is -2.54. The third kappa shape index (κ3) is 3.19. The highest BCUT2D eigenvalue weighted by Gasteiger charge is 2.26. The number of hydrogen-bond donors (Lipinski definition) is 0. The molecule has 1 aromatic carbocycles. The van der Waals surface area contributed by atoms with E-state index in [9.17, 15) is 4.79 Å². The number of rotatable bonds is 4. The predicted molar refractivity (Wildman–Crippen MR) is 94.0 cm³/mol. The predicted octanol–water partition coefficient (Wildman–Crippen LogP) is 1.29. The smallest absolute Gasteiger partial charge is 0.256 e. The lowest BCUT2D eigenvalue weighted by molar-refractivity contribution is -0.132. The van der Waals surface area contributed by atoms with Gasteiger partial charge in [-0.2, -0.15) is 5.10 Å². The number of aromatic nitrogens is 3. The molecule has 130 valence electrons. The van der Waals surface area contributed by atoms with Crippen LogP contribution < -0.4 is 0 Å². The van der Waals surface area contributed by atoms with Crippen LogP contribution in [0.15, 0.2) is 35.4 Å². The Labute approximate surface area is 146 Å². The third-order valence-electron chi connectivity index (χ3n) is 4.78. The molecular formula is C18H22N6O. The maximum Gasteiger partial charge on any atom is 0.256 e. The van der Waals surface area contributed by atoms with E-state index in [1.54, 1.807) is 5.01 Å². The average molecular weight is 338 g/mol. The number of carbonyl (C=O) groups excluding carboxylic acids is 1. The van der Waals surface area contributed by atoms with Crippen LogP contribution in [0.3, 0.4) is 0 Å². The fourth-order valence-electron chi connectivity index (χ4n) is 3.41. The van der Waals surface area contributed by atoms with Gasteiger partial charge in [0.25, 0.3) is 5.91 Å². The second kappa shape index (κ2) is 6.76. The maximum absolute atomic E-state index is 12.6. The van der Waals surface area contributed by atoms with Gasteiger partial charge in [0.1, 0.15) is 11.6 Å². The summed E-state index contributed by atoms with van der Waals surface area (Å²) < 4.78 is 2.17. The van der Waals surface area contributed by atoms with Crippen molar-refractivity contribution in [2.75, 3.05) is 19.6 Å². The Morgan fingerprint density at radius 3 is 2.76 bits per heavy atom. The van der Waals surface area contributed by atoms with Crippen LogP contribution in [0.1, 0.15) is 30.6 Å². The molecule has 0 bridgehead atoms. The molecule has 0 radical (unpaired) electrons. The van der Waals surface area contributed by atoms with E-state index in [1.165, 1.54) is 0 Å². The number of hydrazone groups is 1. The summed E-state index contributed by atoms with van der Waals surface area (Å²) in [6, 6.07) is 10.1. The van der Waals surface area contributed by atoms with Crippen LogP contribution in [-0.4, -0.2) is 55.9 Å². The minimum Gasteiger partial charge on any atom is -0.313 e. The number of carbonyl (C=O) groups is 1. The van der Waals surface area contributed by atoms with Gasteiger partial charge >= 0.3 is 0 Å². The monoisotopic (exact) mass is 338 g/mol. The first-order chi connectivity index (χ1) is 12.2. The number of benzene rings is 1. The third-order valence-corrected chi connectivity index (χ3v) is 4.78. The first-order valence-electron chi connectivity index (χ1n) is 8.81. The second-order valence-corrected chi connectivity index (χ2v) is 6.43. The molecule has 7 nitrogen and oxygen atoms in total. The number of nitrogens with zero attached hydrogens (tertiary/aromatic N) is 6. The summed E-state index contributed by atoms with van der Waals surface area (Å²) in [6.07, 6.45) is 1.70.